The summed E-state index contributed by atoms with van der Waals surface area (Å²) in [6.45, 7) is 7.91. The molecule has 0 aromatic heterocycles. The molecule has 180 valence electrons. The van der Waals surface area contributed by atoms with Gasteiger partial charge in [0.2, 0.25) is 11.8 Å². The monoisotopic (exact) mass is 456 g/mol. The number of amides is 2. The molecule has 1 aromatic carbocycles. The Balaban J connectivity index is 2.04. The van der Waals surface area contributed by atoms with Gasteiger partial charge in [0.15, 0.2) is 0 Å². The molecule has 0 radical (unpaired) electrons. The van der Waals surface area contributed by atoms with Crippen molar-refractivity contribution in [2.75, 3.05) is 19.8 Å². The minimum Gasteiger partial charge on any atom is -0.463 e. The van der Waals surface area contributed by atoms with E-state index in [9.17, 15) is 19.5 Å². The average Bonchev–Trinajstić information content (AvgIpc) is 3.31. The van der Waals surface area contributed by atoms with Crippen molar-refractivity contribution in [3.05, 3.63) is 61.2 Å². The summed E-state index contributed by atoms with van der Waals surface area (Å²) >= 11 is 0. The second-order valence-corrected chi connectivity index (χ2v) is 8.33. The van der Waals surface area contributed by atoms with Gasteiger partial charge in [-0.2, -0.15) is 0 Å². The molecule has 7 heteroatoms. The molecule has 0 aliphatic carbocycles. The Bertz CT molecular complexity index is 795. The highest BCUT2D eigenvalue weighted by molar-refractivity contribution is 5.86. The summed E-state index contributed by atoms with van der Waals surface area (Å²) in [5.74, 6) is -1.35. The fraction of sp³-hybridized carbons (Fsp3) is 0.500. The normalized spacial score (nSPS) is 17.1. The fourth-order valence-corrected chi connectivity index (χ4v) is 4.00. The van der Waals surface area contributed by atoms with Crippen LogP contribution in [0.5, 0.6) is 0 Å². The minimum atomic E-state index is -0.593. The lowest BCUT2D eigenvalue weighted by Gasteiger charge is -2.26. The van der Waals surface area contributed by atoms with Crippen molar-refractivity contribution in [1.29, 1.82) is 0 Å². The number of hydrogen-bond acceptors (Lipinski definition) is 5. The van der Waals surface area contributed by atoms with Gasteiger partial charge in [-0.1, -0.05) is 42.5 Å². The lowest BCUT2D eigenvalue weighted by molar-refractivity contribution is -0.145. The average molecular weight is 457 g/mol. The van der Waals surface area contributed by atoms with Crippen molar-refractivity contribution in [3.8, 4) is 0 Å². The number of aliphatic hydroxyl groups is 1. The number of ether oxygens (including phenoxy) is 1. The Labute approximate surface area is 196 Å². The minimum absolute atomic E-state index is 0.0101. The highest BCUT2D eigenvalue weighted by Gasteiger charge is 2.31. The van der Waals surface area contributed by atoms with Gasteiger partial charge in [0.1, 0.15) is 6.61 Å². The lowest BCUT2D eigenvalue weighted by Crippen LogP contribution is -2.42. The Morgan fingerprint density at radius 1 is 1.21 bits per heavy atom. The highest BCUT2D eigenvalue weighted by atomic mass is 16.5. The SMILES string of the molecule is C=CCCCC(=O)OC[C@@H](NC(=O)[C@H](CC=C)CC(=O)N1CCC[C@H]1CO)c1ccccc1. The number of esters is 1. The van der Waals surface area contributed by atoms with Crippen molar-refractivity contribution in [1.82, 2.24) is 10.2 Å². The van der Waals surface area contributed by atoms with Gasteiger partial charge in [0.25, 0.3) is 0 Å². The Hall–Kier alpha value is -2.93. The molecule has 1 aromatic rings. The maximum Gasteiger partial charge on any atom is 0.305 e. The third-order valence-corrected chi connectivity index (χ3v) is 5.87. The third kappa shape index (κ3) is 8.50. The number of carbonyl (C=O) groups is 3. The summed E-state index contributed by atoms with van der Waals surface area (Å²) in [5, 5.41) is 12.5. The molecular weight excluding hydrogens is 420 g/mol. The topological polar surface area (TPSA) is 95.9 Å². The Morgan fingerprint density at radius 3 is 2.64 bits per heavy atom. The largest absolute Gasteiger partial charge is 0.463 e. The molecule has 2 rings (SSSR count). The summed E-state index contributed by atoms with van der Waals surface area (Å²) in [6.07, 6.45) is 7.08. The van der Waals surface area contributed by atoms with Gasteiger partial charge in [0.05, 0.1) is 24.6 Å². The van der Waals surface area contributed by atoms with Crippen LogP contribution in [0.3, 0.4) is 0 Å². The fourth-order valence-electron chi connectivity index (χ4n) is 4.00. The maximum absolute atomic E-state index is 13.1. The van der Waals surface area contributed by atoms with Crippen LogP contribution in [-0.4, -0.2) is 53.6 Å². The van der Waals surface area contributed by atoms with Crippen molar-refractivity contribution < 1.29 is 24.2 Å². The quantitative estimate of drug-likeness (QED) is 0.254. The predicted molar refractivity (Wildman–Crippen MR) is 127 cm³/mol. The first-order valence-electron chi connectivity index (χ1n) is 11.6. The molecule has 33 heavy (non-hydrogen) atoms. The summed E-state index contributed by atoms with van der Waals surface area (Å²) in [4.78, 5) is 39.7. The van der Waals surface area contributed by atoms with E-state index in [0.29, 0.717) is 19.4 Å². The van der Waals surface area contributed by atoms with Crippen LogP contribution in [0.1, 0.15) is 56.6 Å². The molecule has 0 saturated carbocycles. The van der Waals surface area contributed by atoms with Crippen molar-refractivity contribution >= 4 is 17.8 Å². The van der Waals surface area contributed by atoms with Crippen molar-refractivity contribution in [2.45, 2.75) is 57.0 Å². The molecule has 1 saturated heterocycles. The molecule has 1 aliphatic rings. The van der Waals surface area contributed by atoms with Crippen LogP contribution in [0.4, 0.5) is 0 Å². The number of nitrogens with one attached hydrogen (secondary N) is 1. The number of nitrogens with zero attached hydrogens (tertiary/aromatic N) is 1. The first kappa shape index (κ1) is 26.3. The molecular formula is C26H36N2O5. The molecule has 1 aliphatic heterocycles. The van der Waals surface area contributed by atoms with Crippen LogP contribution < -0.4 is 5.32 Å². The van der Waals surface area contributed by atoms with Crippen LogP contribution in [-0.2, 0) is 19.1 Å². The second kappa shape index (κ2) is 14.3. The van der Waals surface area contributed by atoms with Gasteiger partial charge in [0, 0.05) is 19.4 Å². The summed E-state index contributed by atoms with van der Waals surface area (Å²) in [7, 11) is 0. The summed E-state index contributed by atoms with van der Waals surface area (Å²) < 4.78 is 5.43. The smallest absolute Gasteiger partial charge is 0.305 e. The molecule has 0 bridgehead atoms. The first-order valence-corrected chi connectivity index (χ1v) is 11.6. The van der Waals surface area contributed by atoms with Gasteiger partial charge >= 0.3 is 5.97 Å². The summed E-state index contributed by atoms with van der Waals surface area (Å²) in [5.41, 5.74) is 0.813. The lowest BCUT2D eigenvalue weighted by atomic mass is 9.98. The van der Waals surface area contributed by atoms with Crippen molar-refractivity contribution in [2.24, 2.45) is 5.92 Å². The van der Waals surface area contributed by atoms with Gasteiger partial charge in [-0.15, -0.1) is 13.2 Å². The zero-order chi connectivity index (χ0) is 24.1. The van der Waals surface area contributed by atoms with E-state index in [-0.39, 0.29) is 49.9 Å². The molecule has 7 nitrogen and oxygen atoms in total. The van der Waals surface area contributed by atoms with E-state index < -0.39 is 12.0 Å². The molecule has 0 unspecified atom stereocenters. The number of likely N-dealkylation sites (tertiary alicyclic amines) is 1. The van der Waals surface area contributed by atoms with Crippen LogP contribution in [0.2, 0.25) is 0 Å². The number of carbonyl (C=O) groups excluding carboxylic acids is 3. The van der Waals surface area contributed by atoms with Crippen LogP contribution in [0.25, 0.3) is 0 Å². The maximum atomic E-state index is 13.1. The first-order chi connectivity index (χ1) is 16.0. The number of benzene rings is 1. The van der Waals surface area contributed by atoms with E-state index in [2.05, 4.69) is 18.5 Å². The highest BCUT2D eigenvalue weighted by Crippen LogP contribution is 2.22. The zero-order valence-corrected chi connectivity index (χ0v) is 19.3. The van der Waals surface area contributed by atoms with E-state index in [1.165, 1.54) is 0 Å². The number of allylic oxidation sites excluding steroid dienone is 2. The zero-order valence-electron chi connectivity index (χ0n) is 19.3. The second-order valence-electron chi connectivity index (χ2n) is 8.33. The van der Waals surface area contributed by atoms with Crippen LogP contribution >= 0.6 is 0 Å². The molecule has 2 amide bonds. The molecule has 3 atom stereocenters. The molecule has 2 N–H and O–H groups in total. The van der Waals surface area contributed by atoms with Gasteiger partial charge in [-0.25, -0.2) is 0 Å². The molecule has 1 fully saturated rings. The van der Waals surface area contributed by atoms with Gasteiger partial charge in [-0.05, 0) is 37.7 Å². The summed E-state index contributed by atoms with van der Waals surface area (Å²) in [6, 6.07) is 8.60. The molecule has 1 heterocycles. The van der Waals surface area contributed by atoms with Gasteiger partial charge < -0.3 is 20.1 Å². The number of hydrogen-bond donors (Lipinski definition) is 2. The van der Waals surface area contributed by atoms with Crippen LogP contribution in [0, 0.1) is 5.92 Å². The molecule has 0 spiro atoms. The Kier molecular flexibility index (Phi) is 11.4. The number of rotatable bonds is 14. The number of aliphatic hydroxyl groups excluding tert-OH is 1. The van der Waals surface area contributed by atoms with Crippen molar-refractivity contribution in [3.63, 3.8) is 0 Å². The predicted octanol–water partition coefficient (Wildman–Crippen LogP) is 3.31. The van der Waals surface area contributed by atoms with E-state index in [0.717, 1.165) is 24.8 Å². The number of unbranched alkanes of at least 4 members (excludes halogenated alkanes) is 1. The third-order valence-electron chi connectivity index (χ3n) is 5.87. The van der Waals surface area contributed by atoms with Crippen LogP contribution in [0.15, 0.2) is 55.6 Å². The van der Waals surface area contributed by atoms with E-state index >= 15 is 0 Å². The Morgan fingerprint density at radius 2 is 1.97 bits per heavy atom. The van der Waals surface area contributed by atoms with E-state index in [1.54, 1.807) is 17.1 Å². The van der Waals surface area contributed by atoms with E-state index in [1.807, 2.05) is 30.3 Å². The van der Waals surface area contributed by atoms with Gasteiger partial charge in [-0.3, -0.25) is 14.4 Å². The standard InChI is InChI=1S/C26H36N2O5/c1-3-5-7-15-25(31)33-19-23(20-12-8-6-9-13-20)27-26(32)21(11-4-2)17-24(30)28-16-10-14-22(28)18-29/h3-4,6,8-9,12-13,21-23,29H,1-2,5,7,10-11,14-19H2,(H,27,32)/t21-,22+,23-/m1/s1. The van der Waals surface area contributed by atoms with E-state index in [4.69, 9.17) is 4.74 Å².